The van der Waals surface area contributed by atoms with E-state index in [-0.39, 0.29) is 17.1 Å². The number of hydrogen-bond donors (Lipinski definition) is 1. The molecule has 1 unspecified atom stereocenters. The Kier molecular flexibility index (Phi) is 5.99. The Balaban J connectivity index is 1.18. The van der Waals surface area contributed by atoms with Crippen molar-refractivity contribution in [1.82, 2.24) is 4.57 Å². The summed E-state index contributed by atoms with van der Waals surface area (Å²) >= 11 is 1.51. The molecule has 0 radical (unpaired) electrons. The first-order valence-electron chi connectivity index (χ1n) is 12.2. The highest BCUT2D eigenvalue weighted by Gasteiger charge is 2.21. The van der Waals surface area contributed by atoms with Crippen LogP contribution < -0.4 is 5.32 Å². The lowest BCUT2D eigenvalue weighted by molar-refractivity contribution is 0.0924. The maximum absolute atomic E-state index is 13.6. The summed E-state index contributed by atoms with van der Waals surface area (Å²) in [5.74, 6) is -0.114. The molecule has 0 bridgehead atoms. The van der Waals surface area contributed by atoms with Gasteiger partial charge in [-0.3, -0.25) is 14.2 Å². The second kappa shape index (κ2) is 9.60. The second-order valence-electron chi connectivity index (χ2n) is 9.01. The van der Waals surface area contributed by atoms with Gasteiger partial charge in [0, 0.05) is 26.9 Å². The maximum Gasteiger partial charge on any atom is 0.255 e. The van der Waals surface area contributed by atoms with Gasteiger partial charge >= 0.3 is 0 Å². The molecule has 1 amide bonds. The van der Waals surface area contributed by atoms with Crippen LogP contribution in [0.5, 0.6) is 0 Å². The second-order valence-corrected chi connectivity index (χ2v) is 10.4. The Bertz CT molecular complexity index is 1730. The zero-order valence-corrected chi connectivity index (χ0v) is 21.0. The fourth-order valence-electron chi connectivity index (χ4n) is 4.75. The molecule has 1 heterocycles. The van der Waals surface area contributed by atoms with Crippen molar-refractivity contribution in [2.75, 3.05) is 5.32 Å². The quantitative estimate of drug-likeness (QED) is 0.244. The average molecular weight is 501 g/mol. The molecule has 0 fully saturated rings. The SMILES string of the molecule is CC(Sc1ccc(NC(=O)c2ccc3ccccc3c2)cc1)C(=O)n1c2ccccc2c2ccccc21. The number of amides is 1. The molecule has 4 nitrogen and oxygen atoms in total. The molecule has 1 N–H and O–H groups in total. The number of carbonyl (C=O) groups excluding carboxylic acids is 2. The summed E-state index contributed by atoms with van der Waals surface area (Å²) in [7, 11) is 0. The minimum atomic E-state index is -0.294. The van der Waals surface area contributed by atoms with Gasteiger partial charge < -0.3 is 5.32 Å². The van der Waals surface area contributed by atoms with Gasteiger partial charge in [-0.1, -0.05) is 66.7 Å². The lowest BCUT2D eigenvalue weighted by Crippen LogP contribution is -2.21. The van der Waals surface area contributed by atoms with E-state index in [1.807, 2.05) is 115 Å². The Morgan fingerprint density at radius 1 is 0.703 bits per heavy atom. The molecule has 0 aliphatic heterocycles. The highest BCUT2D eigenvalue weighted by atomic mass is 32.2. The summed E-state index contributed by atoms with van der Waals surface area (Å²) in [6, 6.07) is 37.4. The Hall–Kier alpha value is -4.35. The molecule has 1 atom stereocenters. The van der Waals surface area contributed by atoms with Gasteiger partial charge in [0.1, 0.15) is 0 Å². The Labute approximate surface area is 218 Å². The number of thioether (sulfide) groups is 1. The van der Waals surface area contributed by atoms with E-state index in [0.717, 1.165) is 37.5 Å². The summed E-state index contributed by atoms with van der Waals surface area (Å²) in [5.41, 5.74) is 3.17. The summed E-state index contributed by atoms with van der Waals surface area (Å²) in [6.45, 7) is 1.94. The summed E-state index contributed by atoms with van der Waals surface area (Å²) in [4.78, 5) is 27.3. The molecule has 5 heteroatoms. The van der Waals surface area contributed by atoms with Gasteiger partial charge in [-0.15, -0.1) is 11.8 Å². The molecule has 1 aromatic heterocycles. The molecule has 0 saturated heterocycles. The smallest absolute Gasteiger partial charge is 0.255 e. The van der Waals surface area contributed by atoms with Crippen molar-refractivity contribution in [1.29, 1.82) is 0 Å². The summed E-state index contributed by atoms with van der Waals surface area (Å²) in [5, 5.41) is 6.97. The lowest BCUT2D eigenvalue weighted by atomic mass is 10.1. The van der Waals surface area contributed by atoms with Crippen LogP contribution in [0.15, 0.2) is 120 Å². The number of aromatic nitrogens is 1. The van der Waals surface area contributed by atoms with Crippen molar-refractivity contribution in [2.45, 2.75) is 17.1 Å². The first-order chi connectivity index (χ1) is 18.1. The molecule has 5 aromatic carbocycles. The molecule has 37 heavy (non-hydrogen) atoms. The van der Waals surface area contributed by atoms with E-state index < -0.39 is 0 Å². The van der Waals surface area contributed by atoms with E-state index in [2.05, 4.69) is 17.4 Å². The number of fused-ring (bicyclic) bond motifs is 4. The van der Waals surface area contributed by atoms with Gasteiger partial charge in [0.15, 0.2) is 0 Å². The van der Waals surface area contributed by atoms with Gasteiger partial charge in [0.25, 0.3) is 5.91 Å². The van der Waals surface area contributed by atoms with Crippen LogP contribution in [0.2, 0.25) is 0 Å². The number of rotatable bonds is 5. The predicted molar refractivity (Wildman–Crippen MR) is 154 cm³/mol. The lowest BCUT2D eigenvalue weighted by Gasteiger charge is -2.14. The van der Waals surface area contributed by atoms with Crippen molar-refractivity contribution in [3.05, 3.63) is 121 Å². The third-order valence-corrected chi connectivity index (χ3v) is 7.68. The zero-order chi connectivity index (χ0) is 25.4. The molecule has 6 rings (SSSR count). The van der Waals surface area contributed by atoms with E-state index in [1.165, 1.54) is 11.8 Å². The summed E-state index contributed by atoms with van der Waals surface area (Å²) in [6.07, 6.45) is 0. The third kappa shape index (κ3) is 4.39. The van der Waals surface area contributed by atoms with E-state index in [4.69, 9.17) is 0 Å². The standard InChI is InChI=1S/C32H24N2O2S/c1-21(32(36)34-29-12-6-4-10-27(29)28-11-5-7-13-30(28)34)37-26-18-16-25(17-19-26)33-31(35)24-15-14-22-8-2-3-9-23(22)20-24/h2-21H,1H3,(H,33,35). The molecular formula is C32H24N2O2S. The molecule has 0 spiro atoms. The number of carbonyl (C=O) groups is 2. The number of nitrogens with one attached hydrogen (secondary N) is 1. The van der Waals surface area contributed by atoms with E-state index in [0.29, 0.717) is 11.3 Å². The fraction of sp³-hybridized carbons (Fsp3) is 0.0625. The first-order valence-corrected chi connectivity index (χ1v) is 13.1. The number of benzene rings is 5. The molecular weight excluding hydrogens is 476 g/mol. The van der Waals surface area contributed by atoms with Crippen molar-refractivity contribution < 1.29 is 9.59 Å². The van der Waals surface area contributed by atoms with Crippen LogP contribution in [0.4, 0.5) is 5.69 Å². The molecule has 180 valence electrons. The van der Waals surface area contributed by atoms with Crippen LogP contribution in [0.3, 0.4) is 0 Å². The van der Waals surface area contributed by atoms with Gasteiger partial charge in [-0.25, -0.2) is 0 Å². The molecule has 0 saturated carbocycles. The van der Waals surface area contributed by atoms with E-state index >= 15 is 0 Å². The monoisotopic (exact) mass is 500 g/mol. The van der Waals surface area contributed by atoms with Gasteiger partial charge in [-0.05, 0) is 66.2 Å². The van der Waals surface area contributed by atoms with Crippen molar-refractivity contribution in [2.24, 2.45) is 0 Å². The van der Waals surface area contributed by atoms with Crippen LogP contribution in [0.1, 0.15) is 22.1 Å². The number of nitrogens with zero attached hydrogens (tertiary/aromatic N) is 1. The van der Waals surface area contributed by atoms with Gasteiger partial charge in [0.2, 0.25) is 5.91 Å². The fourth-order valence-corrected chi connectivity index (χ4v) is 5.65. The zero-order valence-electron chi connectivity index (χ0n) is 20.2. The van der Waals surface area contributed by atoms with Crippen LogP contribution in [0.25, 0.3) is 32.6 Å². The Morgan fingerprint density at radius 3 is 1.97 bits per heavy atom. The largest absolute Gasteiger partial charge is 0.322 e. The third-order valence-electron chi connectivity index (χ3n) is 6.58. The Morgan fingerprint density at radius 2 is 1.30 bits per heavy atom. The number of hydrogen-bond acceptors (Lipinski definition) is 3. The van der Waals surface area contributed by atoms with Crippen LogP contribution in [-0.2, 0) is 0 Å². The van der Waals surface area contributed by atoms with E-state index in [9.17, 15) is 9.59 Å². The van der Waals surface area contributed by atoms with Gasteiger partial charge in [0.05, 0.1) is 16.3 Å². The minimum absolute atomic E-state index is 0.0380. The highest BCUT2D eigenvalue weighted by molar-refractivity contribution is 8.00. The molecule has 0 aliphatic carbocycles. The highest BCUT2D eigenvalue weighted by Crippen LogP contribution is 2.32. The van der Waals surface area contributed by atoms with Crippen molar-refractivity contribution in [3.63, 3.8) is 0 Å². The van der Waals surface area contributed by atoms with Crippen molar-refractivity contribution in [3.8, 4) is 0 Å². The summed E-state index contributed by atoms with van der Waals surface area (Å²) < 4.78 is 1.83. The minimum Gasteiger partial charge on any atom is -0.322 e. The predicted octanol–water partition coefficient (Wildman–Crippen LogP) is 8.02. The maximum atomic E-state index is 13.6. The van der Waals surface area contributed by atoms with Crippen LogP contribution >= 0.6 is 11.8 Å². The topological polar surface area (TPSA) is 51.1 Å². The average Bonchev–Trinajstić information content (AvgIpc) is 3.28. The van der Waals surface area contributed by atoms with Crippen molar-refractivity contribution >= 4 is 61.8 Å². The van der Waals surface area contributed by atoms with Crippen LogP contribution in [-0.4, -0.2) is 21.6 Å². The van der Waals surface area contributed by atoms with E-state index in [1.54, 1.807) is 0 Å². The molecule has 6 aromatic rings. The first kappa shape index (κ1) is 23.1. The van der Waals surface area contributed by atoms with Gasteiger partial charge in [-0.2, -0.15) is 0 Å². The molecule has 0 aliphatic rings. The van der Waals surface area contributed by atoms with Crippen LogP contribution in [0, 0.1) is 0 Å². The number of anilines is 1. The normalized spacial score (nSPS) is 12.1. The number of para-hydroxylation sites is 2.